The minimum atomic E-state index is -0.908. The Labute approximate surface area is 248 Å². The summed E-state index contributed by atoms with van der Waals surface area (Å²) >= 11 is 0. The van der Waals surface area contributed by atoms with Crippen LogP contribution in [0.25, 0.3) is 0 Å². The number of nitrogens with zero attached hydrogens (tertiary/aromatic N) is 5. The summed E-state index contributed by atoms with van der Waals surface area (Å²) in [6.07, 6.45) is 13.9. The number of piperidine rings is 2. The molecule has 1 aromatic rings. The van der Waals surface area contributed by atoms with E-state index in [-0.39, 0.29) is 28.2 Å². The number of nitrogens with two attached hydrogens (primary N) is 1. The van der Waals surface area contributed by atoms with Gasteiger partial charge in [0.15, 0.2) is 5.82 Å². The fourth-order valence-corrected chi connectivity index (χ4v) is 10.2. The molecule has 1 spiro atoms. The Balaban J connectivity index is 1.55. The quantitative estimate of drug-likeness (QED) is 0.438. The molecule has 0 amide bonds. The first-order valence-electron chi connectivity index (χ1n) is 16.6. The van der Waals surface area contributed by atoms with E-state index in [0.29, 0.717) is 12.0 Å². The fourth-order valence-electron chi connectivity index (χ4n) is 10.2. The van der Waals surface area contributed by atoms with Crippen molar-refractivity contribution in [2.24, 2.45) is 10.7 Å². The molecule has 3 atom stereocenters. The molecule has 0 radical (unpaired) electrons. The molecule has 4 bridgehead atoms. The maximum Gasteiger partial charge on any atom is 0.226 e. The molecule has 4 aliphatic heterocycles. The Morgan fingerprint density at radius 2 is 1.41 bits per heavy atom. The van der Waals surface area contributed by atoms with E-state index >= 15 is 0 Å². The number of rotatable bonds is 3. The zero-order valence-corrected chi connectivity index (χ0v) is 27.2. The highest BCUT2D eigenvalue weighted by molar-refractivity contribution is 6.04. The van der Waals surface area contributed by atoms with E-state index in [1.165, 1.54) is 51.4 Å². The molecule has 1 aliphatic carbocycles. The molecule has 1 saturated carbocycles. The summed E-state index contributed by atoms with van der Waals surface area (Å²) in [6, 6.07) is 0.598. The maximum atomic E-state index is 7.99. The van der Waals surface area contributed by atoms with Crippen LogP contribution in [-0.4, -0.2) is 66.3 Å². The van der Waals surface area contributed by atoms with Gasteiger partial charge >= 0.3 is 0 Å². The highest BCUT2D eigenvalue weighted by Gasteiger charge is 2.75. The molecule has 4 fully saturated rings. The molecule has 3 saturated heterocycles. The van der Waals surface area contributed by atoms with Crippen LogP contribution in [-0.2, 0) is 11.0 Å². The zero-order chi connectivity index (χ0) is 29.5. The molecular weight excluding hydrogens is 508 g/mol. The van der Waals surface area contributed by atoms with Gasteiger partial charge in [-0.05, 0) is 100 Å². The first kappa shape index (κ1) is 29.4. The molecule has 6 rings (SSSR count). The molecule has 228 valence electrons. The zero-order valence-electron chi connectivity index (χ0n) is 27.2. The number of hydrogen-bond donors (Lipinski definition) is 3. The summed E-state index contributed by atoms with van der Waals surface area (Å²) in [4.78, 5) is 24.2. The average molecular weight is 565 g/mol. The molecule has 5 heterocycles. The Morgan fingerprint density at radius 3 is 2.10 bits per heavy atom. The van der Waals surface area contributed by atoms with Gasteiger partial charge in [0, 0.05) is 22.7 Å². The highest BCUT2D eigenvalue weighted by Crippen LogP contribution is 2.62. The summed E-state index contributed by atoms with van der Waals surface area (Å²) in [5, 5.41) is 7.58. The van der Waals surface area contributed by atoms with Crippen molar-refractivity contribution in [1.82, 2.24) is 25.2 Å². The molecule has 1 aromatic heterocycles. The second-order valence-electron chi connectivity index (χ2n) is 16.4. The van der Waals surface area contributed by atoms with Gasteiger partial charge in [0.05, 0.1) is 22.7 Å². The lowest BCUT2D eigenvalue weighted by Gasteiger charge is -2.66. The summed E-state index contributed by atoms with van der Waals surface area (Å²) < 4.78 is 0. The molecule has 8 heteroatoms. The summed E-state index contributed by atoms with van der Waals surface area (Å²) in [5.74, 6) is 2.33. The molecule has 0 aromatic carbocycles. The van der Waals surface area contributed by atoms with Gasteiger partial charge in [-0.15, -0.1) is 0 Å². The number of anilines is 1. The van der Waals surface area contributed by atoms with Gasteiger partial charge in [-0.2, -0.15) is 9.97 Å². The lowest BCUT2D eigenvalue weighted by Crippen LogP contribution is -2.82. The average Bonchev–Trinajstić information content (AvgIpc) is 3.06. The third kappa shape index (κ3) is 4.48. The van der Waals surface area contributed by atoms with Crippen LogP contribution >= 0.6 is 0 Å². The van der Waals surface area contributed by atoms with Gasteiger partial charge in [0.25, 0.3) is 0 Å². The van der Waals surface area contributed by atoms with Crippen molar-refractivity contribution < 1.29 is 0 Å². The van der Waals surface area contributed by atoms with Crippen LogP contribution < -0.4 is 16.4 Å². The van der Waals surface area contributed by atoms with Crippen LogP contribution in [0.5, 0.6) is 0 Å². The van der Waals surface area contributed by atoms with Gasteiger partial charge < -0.3 is 16.4 Å². The lowest BCUT2D eigenvalue weighted by atomic mass is 9.50. The van der Waals surface area contributed by atoms with E-state index < -0.39 is 11.0 Å². The van der Waals surface area contributed by atoms with Gasteiger partial charge in [0.1, 0.15) is 11.4 Å². The lowest BCUT2D eigenvalue weighted by molar-refractivity contribution is -0.0598. The van der Waals surface area contributed by atoms with Crippen molar-refractivity contribution in [1.29, 1.82) is 0 Å². The third-order valence-electron chi connectivity index (χ3n) is 11.5. The number of aromatic nitrogens is 3. The summed E-state index contributed by atoms with van der Waals surface area (Å²) in [6.45, 7) is 19.8. The van der Waals surface area contributed by atoms with Crippen molar-refractivity contribution in [3.63, 3.8) is 0 Å². The Morgan fingerprint density at radius 1 is 0.805 bits per heavy atom. The number of fused-ring (bicyclic) bond motifs is 4. The minimum absolute atomic E-state index is 0.00157. The van der Waals surface area contributed by atoms with E-state index in [1.54, 1.807) is 0 Å². The maximum absolute atomic E-state index is 7.99. The minimum Gasteiger partial charge on any atom is -0.351 e. The van der Waals surface area contributed by atoms with Gasteiger partial charge in [0.2, 0.25) is 5.95 Å². The Hall–Kier alpha value is -1.64. The molecular formula is C33H56N8. The molecule has 5 aliphatic rings. The second kappa shape index (κ2) is 9.68. The second-order valence-corrected chi connectivity index (χ2v) is 16.4. The molecule has 3 unspecified atom stereocenters. The molecule has 41 heavy (non-hydrogen) atoms. The smallest absolute Gasteiger partial charge is 0.226 e. The monoisotopic (exact) mass is 564 g/mol. The number of aliphatic imine (C=N–C) groups is 1. The van der Waals surface area contributed by atoms with Crippen molar-refractivity contribution in [2.45, 2.75) is 178 Å². The Bertz CT molecular complexity index is 1180. The van der Waals surface area contributed by atoms with E-state index in [4.69, 9.17) is 25.7 Å². The van der Waals surface area contributed by atoms with Crippen LogP contribution in [0.4, 0.5) is 5.95 Å². The topological polar surface area (TPSA) is 104 Å². The van der Waals surface area contributed by atoms with Gasteiger partial charge in [-0.1, -0.05) is 38.5 Å². The fraction of sp³-hybridized carbons (Fsp3) is 0.879. The van der Waals surface area contributed by atoms with Crippen molar-refractivity contribution in [3.8, 4) is 0 Å². The SMILES string of the molecule is CC1(C)CC(N=C2C(C)(C)N3CCCCCCC4(c5nc(NC6CCCCC6)nc(n5)C24N)C3(C)C)CC(C)(C)N1. The normalized spacial score (nSPS) is 37.1. The first-order chi connectivity index (χ1) is 19.1. The van der Waals surface area contributed by atoms with E-state index in [1.807, 2.05) is 0 Å². The highest BCUT2D eigenvalue weighted by atomic mass is 15.3. The number of hydrogen-bond acceptors (Lipinski definition) is 8. The van der Waals surface area contributed by atoms with E-state index in [9.17, 15) is 0 Å². The van der Waals surface area contributed by atoms with Crippen molar-refractivity contribution in [2.75, 3.05) is 11.9 Å². The summed E-state index contributed by atoms with van der Waals surface area (Å²) in [7, 11) is 0. The van der Waals surface area contributed by atoms with Crippen LogP contribution in [0.15, 0.2) is 4.99 Å². The molecule has 4 N–H and O–H groups in total. The van der Waals surface area contributed by atoms with Crippen molar-refractivity contribution >= 4 is 11.7 Å². The van der Waals surface area contributed by atoms with Crippen molar-refractivity contribution in [3.05, 3.63) is 11.6 Å². The van der Waals surface area contributed by atoms with Gasteiger partial charge in [-0.3, -0.25) is 9.89 Å². The van der Waals surface area contributed by atoms with Crippen LogP contribution in [0.1, 0.15) is 144 Å². The van der Waals surface area contributed by atoms with Crippen LogP contribution in [0.3, 0.4) is 0 Å². The first-order valence-corrected chi connectivity index (χ1v) is 16.6. The Kier molecular flexibility index (Phi) is 6.95. The predicted molar refractivity (Wildman–Crippen MR) is 168 cm³/mol. The van der Waals surface area contributed by atoms with Crippen LogP contribution in [0.2, 0.25) is 0 Å². The van der Waals surface area contributed by atoms with E-state index in [0.717, 1.165) is 49.6 Å². The largest absolute Gasteiger partial charge is 0.351 e. The van der Waals surface area contributed by atoms with E-state index in [2.05, 4.69) is 70.9 Å². The predicted octanol–water partition coefficient (Wildman–Crippen LogP) is 5.61. The standard InChI is InChI=1S/C33H56N8/c1-28(2)20-23(21-29(3,4)40-28)35-24-30(5,6)41-19-15-10-9-14-18-32(31(41,7)8)25-37-26(33(24,32)34)39-27(38-25)36-22-16-12-11-13-17-22/h22-23,40H,9-21,34H2,1-8H3,(H,36,37,38,39). The molecule has 8 nitrogen and oxygen atoms in total. The summed E-state index contributed by atoms with van der Waals surface area (Å²) in [5.41, 5.74) is 7.02. The third-order valence-corrected chi connectivity index (χ3v) is 11.5. The van der Waals surface area contributed by atoms with Crippen LogP contribution in [0, 0.1) is 0 Å². The van der Waals surface area contributed by atoms with Gasteiger partial charge in [-0.25, -0.2) is 4.98 Å². The number of nitrogens with one attached hydrogen (secondary N) is 2.